The van der Waals surface area contributed by atoms with Gasteiger partial charge in [0, 0.05) is 18.5 Å². The lowest BCUT2D eigenvalue weighted by molar-refractivity contribution is 0.628. The van der Waals surface area contributed by atoms with Crippen molar-refractivity contribution in [1.29, 1.82) is 0 Å². The minimum absolute atomic E-state index is 0.234. The minimum Gasteiger partial charge on any atom is -0.373 e. The standard InChI is InChI=1S/C14H17FN2/c1-8(2)11-7-12-9(3)5-10(15)6-13(12)17-14(11)16-4/h5-8H,1-4H3,(H,16,17). The van der Waals surface area contributed by atoms with Gasteiger partial charge in [-0.05, 0) is 36.1 Å². The zero-order valence-electron chi connectivity index (χ0n) is 10.6. The van der Waals surface area contributed by atoms with E-state index in [0.29, 0.717) is 11.4 Å². The monoisotopic (exact) mass is 232 g/mol. The van der Waals surface area contributed by atoms with Crippen molar-refractivity contribution in [3.8, 4) is 0 Å². The summed E-state index contributed by atoms with van der Waals surface area (Å²) in [6.07, 6.45) is 0. The molecule has 2 aromatic rings. The Morgan fingerprint density at radius 3 is 2.53 bits per heavy atom. The molecule has 0 aliphatic heterocycles. The molecular weight excluding hydrogens is 215 g/mol. The average Bonchev–Trinajstić information content (AvgIpc) is 2.26. The molecule has 0 spiro atoms. The zero-order valence-corrected chi connectivity index (χ0v) is 10.6. The van der Waals surface area contributed by atoms with E-state index in [2.05, 4.69) is 30.2 Å². The number of anilines is 1. The molecule has 17 heavy (non-hydrogen) atoms. The van der Waals surface area contributed by atoms with Crippen LogP contribution in [0, 0.1) is 12.7 Å². The van der Waals surface area contributed by atoms with Gasteiger partial charge < -0.3 is 5.32 Å². The lowest BCUT2D eigenvalue weighted by Crippen LogP contribution is -2.01. The maximum absolute atomic E-state index is 13.3. The highest BCUT2D eigenvalue weighted by Crippen LogP contribution is 2.28. The van der Waals surface area contributed by atoms with Crippen LogP contribution < -0.4 is 5.32 Å². The van der Waals surface area contributed by atoms with Crippen LogP contribution in [0.25, 0.3) is 10.9 Å². The summed E-state index contributed by atoms with van der Waals surface area (Å²) in [6.45, 7) is 6.17. The summed E-state index contributed by atoms with van der Waals surface area (Å²) < 4.78 is 13.3. The van der Waals surface area contributed by atoms with E-state index in [1.165, 1.54) is 6.07 Å². The fraction of sp³-hybridized carbons (Fsp3) is 0.357. The van der Waals surface area contributed by atoms with E-state index in [1.54, 1.807) is 6.07 Å². The molecule has 0 unspecified atom stereocenters. The van der Waals surface area contributed by atoms with E-state index >= 15 is 0 Å². The topological polar surface area (TPSA) is 24.9 Å². The molecule has 0 atom stereocenters. The van der Waals surface area contributed by atoms with E-state index < -0.39 is 0 Å². The van der Waals surface area contributed by atoms with E-state index in [1.807, 2.05) is 14.0 Å². The van der Waals surface area contributed by atoms with Crippen LogP contribution in [0.2, 0.25) is 0 Å². The van der Waals surface area contributed by atoms with Crippen LogP contribution in [-0.4, -0.2) is 12.0 Å². The largest absolute Gasteiger partial charge is 0.373 e. The fourth-order valence-corrected chi connectivity index (χ4v) is 2.07. The molecule has 1 aromatic carbocycles. The molecular formula is C14H17FN2. The second kappa shape index (κ2) is 4.32. The maximum atomic E-state index is 13.3. The number of pyridine rings is 1. The second-order valence-electron chi connectivity index (χ2n) is 4.62. The molecule has 0 saturated heterocycles. The number of aryl methyl sites for hydroxylation is 1. The highest BCUT2D eigenvalue weighted by Gasteiger charge is 2.11. The summed E-state index contributed by atoms with van der Waals surface area (Å²) in [7, 11) is 1.84. The number of halogens is 1. The van der Waals surface area contributed by atoms with Crippen molar-refractivity contribution in [2.75, 3.05) is 12.4 Å². The van der Waals surface area contributed by atoms with E-state index in [-0.39, 0.29) is 5.82 Å². The highest BCUT2D eigenvalue weighted by molar-refractivity contribution is 5.85. The first kappa shape index (κ1) is 11.8. The molecule has 1 heterocycles. The zero-order chi connectivity index (χ0) is 12.6. The first-order valence-electron chi connectivity index (χ1n) is 5.81. The molecule has 1 N–H and O–H groups in total. The van der Waals surface area contributed by atoms with Crippen molar-refractivity contribution in [2.24, 2.45) is 0 Å². The Morgan fingerprint density at radius 2 is 1.94 bits per heavy atom. The van der Waals surface area contributed by atoms with Gasteiger partial charge in [0.15, 0.2) is 0 Å². The molecule has 0 fully saturated rings. The molecule has 0 bridgehead atoms. The molecule has 0 aliphatic rings. The molecule has 2 rings (SSSR count). The Balaban J connectivity index is 2.78. The summed E-state index contributed by atoms with van der Waals surface area (Å²) in [5.41, 5.74) is 2.79. The van der Waals surface area contributed by atoms with Crippen LogP contribution in [-0.2, 0) is 0 Å². The van der Waals surface area contributed by atoms with E-state index in [0.717, 1.165) is 22.3 Å². The molecule has 0 aliphatic carbocycles. The van der Waals surface area contributed by atoms with Gasteiger partial charge in [-0.3, -0.25) is 0 Å². The van der Waals surface area contributed by atoms with Gasteiger partial charge >= 0.3 is 0 Å². The number of hydrogen-bond acceptors (Lipinski definition) is 2. The average molecular weight is 232 g/mol. The number of aromatic nitrogens is 1. The van der Waals surface area contributed by atoms with Crippen molar-refractivity contribution in [1.82, 2.24) is 4.98 Å². The molecule has 0 saturated carbocycles. The van der Waals surface area contributed by atoms with Crippen LogP contribution in [0.5, 0.6) is 0 Å². The lowest BCUT2D eigenvalue weighted by atomic mass is 10.00. The van der Waals surface area contributed by atoms with Gasteiger partial charge in [0.25, 0.3) is 0 Å². The van der Waals surface area contributed by atoms with E-state index in [9.17, 15) is 4.39 Å². The van der Waals surface area contributed by atoms with Crippen molar-refractivity contribution >= 4 is 16.7 Å². The van der Waals surface area contributed by atoms with Crippen LogP contribution in [0.15, 0.2) is 18.2 Å². The van der Waals surface area contributed by atoms with Crippen LogP contribution in [0.3, 0.4) is 0 Å². The molecule has 90 valence electrons. The summed E-state index contributed by atoms with van der Waals surface area (Å²) in [4.78, 5) is 4.49. The van der Waals surface area contributed by atoms with Gasteiger partial charge in [0.1, 0.15) is 11.6 Å². The first-order valence-corrected chi connectivity index (χ1v) is 5.81. The predicted molar refractivity (Wildman–Crippen MR) is 70.1 cm³/mol. The minimum atomic E-state index is -0.234. The number of fused-ring (bicyclic) bond motifs is 1. The van der Waals surface area contributed by atoms with Crippen molar-refractivity contribution in [3.63, 3.8) is 0 Å². The number of hydrogen-bond donors (Lipinski definition) is 1. The highest BCUT2D eigenvalue weighted by atomic mass is 19.1. The number of nitrogens with one attached hydrogen (secondary N) is 1. The quantitative estimate of drug-likeness (QED) is 0.850. The Bertz CT molecular complexity index is 562. The summed E-state index contributed by atoms with van der Waals surface area (Å²) in [5, 5.41) is 4.10. The van der Waals surface area contributed by atoms with Gasteiger partial charge in [0.2, 0.25) is 0 Å². The molecule has 0 amide bonds. The van der Waals surface area contributed by atoms with Gasteiger partial charge in [-0.15, -0.1) is 0 Å². The van der Waals surface area contributed by atoms with Gasteiger partial charge in [0.05, 0.1) is 5.52 Å². The third-order valence-electron chi connectivity index (χ3n) is 2.99. The van der Waals surface area contributed by atoms with Gasteiger partial charge in [-0.25, -0.2) is 9.37 Å². The smallest absolute Gasteiger partial charge is 0.129 e. The molecule has 0 radical (unpaired) electrons. The van der Waals surface area contributed by atoms with Crippen molar-refractivity contribution < 1.29 is 4.39 Å². The summed E-state index contributed by atoms with van der Waals surface area (Å²) in [5.74, 6) is 0.984. The first-order chi connectivity index (χ1) is 8.02. The van der Waals surface area contributed by atoms with Gasteiger partial charge in [-0.2, -0.15) is 0 Å². The summed E-state index contributed by atoms with van der Waals surface area (Å²) in [6, 6.07) is 5.13. The third kappa shape index (κ3) is 2.09. The lowest BCUT2D eigenvalue weighted by Gasteiger charge is -2.14. The Labute approximate surface area is 101 Å². The summed E-state index contributed by atoms with van der Waals surface area (Å²) >= 11 is 0. The molecule has 3 heteroatoms. The van der Waals surface area contributed by atoms with Crippen LogP contribution >= 0.6 is 0 Å². The van der Waals surface area contributed by atoms with E-state index in [4.69, 9.17) is 0 Å². The molecule has 1 aromatic heterocycles. The van der Waals surface area contributed by atoms with Crippen LogP contribution in [0.4, 0.5) is 10.2 Å². The predicted octanol–water partition coefficient (Wildman–Crippen LogP) is 3.85. The number of benzene rings is 1. The number of nitrogens with zero attached hydrogens (tertiary/aromatic N) is 1. The van der Waals surface area contributed by atoms with Gasteiger partial charge in [-0.1, -0.05) is 13.8 Å². The number of rotatable bonds is 2. The Kier molecular flexibility index (Phi) is 3.01. The Hall–Kier alpha value is -1.64. The van der Waals surface area contributed by atoms with Crippen molar-refractivity contribution in [3.05, 3.63) is 35.1 Å². The van der Waals surface area contributed by atoms with Crippen LogP contribution in [0.1, 0.15) is 30.9 Å². The molecule has 2 nitrogen and oxygen atoms in total. The fourth-order valence-electron chi connectivity index (χ4n) is 2.07. The third-order valence-corrected chi connectivity index (χ3v) is 2.99. The maximum Gasteiger partial charge on any atom is 0.129 e. The Morgan fingerprint density at radius 1 is 1.24 bits per heavy atom. The van der Waals surface area contributed by atoms with Crippen molar-refractivity contribution in [2.45, 2.75) is 26.7 Å². The SMILES string of the molecule is CNc1nc2cc(F)cc(C)c2cc1C(C)C. The second-order valence-corrected chi connectivity index (χ2v) is 4.62. The normalized spacial score (nSPS) is 11.2.